The summed E-state index contributed by atoms with van der Waals surface area (Å²) in [6, 6.07) is 9.96. The topological polar surface area (TPSA) is 81.9 Å². The number of pyridine rings is 2. The number of amides is 1. The number of aryl methyl sites for hydroxylation is 1. The van der Waals surface area contributed by atoms with Gasteiger partial charge in [0.15, 0.2) is 0 Å². The number of hydrogen-bond acceptors (Lipinski definition) is 5. The third-order valence-corrected chi connectivity index (χ3v) is 4.34. The van der Waals surface area contributed by atoms with Gasteiger partial charge >= 0.3 is 0 Å². The first-order valence-corrected chi connectivity index (χ1v) is 8.98. The zero-order valence-corrected chi connectivity index (χ0v) is 16.1. The van der Waals surface area contributed by atoms with Gasteiger partial charge in [0.2, 0.25) is 0 Å². The third kappa shape index (κ3) is 4.37. The number of nitrogens with zero attached hydrogens (tertiary/aromatic N) is 4. The number of imidazole rings is 1. The van der Waals surface area contributed by atoms with Crippen molar-refractivity contribution in [1.29, 1.82) is 0 Å². The second kappa shape index (κ2) is 7.70. The van der Waals surface area contributed by atoms with E-state index in [1.807, 2.05) is 17.7 Å². The van der Waals surface area contributed by atoms with Crippen molar-refractivity contribution in [3.8, 4) is 17.1 Å². The molecule has 3 aromatic heterocycles. The highest BCUT2D eigenvalue weighted by Crippen LogP contribution is 2.23. The quantitative estimate of drug-likeness (QED) is 0.527. The molecule has 140 valence electrons. The van der Waals surface area contributed by atoms with Crippen LogP contribution in [0.1, 0.15) is 10.4 Å². The first-order chi connectivity index (χ1) is 14.3. The summed E-state index contributed by atoms with van der Waals surface area (Å²) in [6.07, 6.45) is 6.85. The van der Waals surface area contributed by atoms with E-state index >= 15 is 0 Å². The Morgan fingerprint density at radius 3 is 2.43 bits per heavy atom. The van der Waals surface area contributed by atoms with E-state index < -0.39 is 5.30 Å². The van der Waals surface area contributed by atoms with Crippen LogP contribution in [0.25, 0.3) is 22.2 Å². The van der Waals surface area contributed by atoms with Crippen molar-refractivity contribution in [2.45, 2.75) is 5.30 Å². The Hall–Kier alpha value is -3.55. The number of benzene rings is 1. The molecular weight excluding hydrogens is 375 g/mol. The molecule has 0 aliphatic heterocycles. The molecule has 4 rings (SSSR count). The number of nitrogens with one attached hydrogen (secondary N) is 1. The predicted octanol–water partition coefficient (Wildman–Crippen LogP) is 1.78. The molecule has 0 fully saturated rings. The largest absolute Gasteiger partial charge is 0.516 e. The molecule has 0 saturated carbocycles. The van der Waals surface area contributed by atoms with E-state index in [2.05, 4.69) is 20.3 Å². The van der Waals surface area contributed by atoms with E-state index in [0.29, 0.717) is 17.1 Å². The van der Waals surface area contributed by atoms with Gasteiger partial charge in [0.1, 0.15) is 35.1 Å². The summed E-state index contributed by atoms with van der Waals surface area (Å²) in [5.41, 5.74) is 2.07. The van der Waals surface area contributed by atoms with Gasteiger partial charge in [-0.25, -0.2) is 9.97 Å². The number of carbonyl (C=O) groups is 1. The molecule has 30 heavy (non-hydrogen) atoms. The van der Waals surface area contributed by atoms with Crippen LogP contribution < -0.4 is 10.1 Å². The first kappa shape index (κ1) is 19.8. The molecule has 1 aromatic carbocycles. The summed E-state index contributed by atoms with van der Waals surface area (Å²) in [6.45, 7) is 0. The summed E-state index contributed by atoms with van der Waals surface area (Å²) in [5, 5.41) is 2.74. The van der Waals surface area contributed by atoms with E-state index in [1.54, 1.807) is 55.2 Å². The monoisotopic (exact) mass is 389 g/mol. The van der Waals surface area contributed by atoms with E-state index in [-0.39, 0.29) is 5.91 Å². The Morgan fingerprint density at radius 2 is 1.77 bits per heavy atom. The minimum atomic E-state index is -1.79. The standard InChI is InChI=1S/C20H14B3N5O2/c1-28-11-24-10-17(28)16-6-13-7-18(26-9-14(13)8-25-16)27-19(29)12-2-4-15(5-3-12)30-20(21,22)23/h2-11H,1H3,(H,26,27,29). The van der Waals surface area contributed by atoms with Crippen molar-refractivity contribution in [1.82, 2.24) is 19.5 Å². The van der Waals surface area contributed by atoms with E-state index in [1.165, 1.54) is 0 Å². The normalized spacial score (nSPS) is 11.4. The van der Waals surface area contributed by atoms with E-state index in [0.717, 1.165) is 22.2 Å². The SMILES string of the molecule is [B]C([B])([B])Oc1ccc(C(=O)Nc2cc3cc(-c4cncn4C)ncc3cn2)cc1. The Morgan fingerprint density at radius 1 is 1.03 bits per heavy atom. The molecule has 0 aliphatic carbocycles. The minimum Gasteiger partial charge on any atom is -0.516 e. The van der Waals surface area contributed by atoms with Gasteiger partial charge in [-0.05, 0) is 47.1 Å². The number of aromatic nitrogens is 4. The zero-order valence-electron chi connectivity index (χ0n) is 16.1. The highest BCUT2D eigenvalue weighted by molar-refractivity contribution is 6.58. The lowest BCUT2D eigenvalue weighted by atomic mass is 9.52. The molecule has 7 nitrogen and oxygen atoms in total. The summed E-state index contributed by atoms with van der Waals surface area (Å²) in [5.74, 6) is 0.437. The second-order valence-corrected chi connectivity index (χ2v) is 6.81. The van der Waals surface area contributed by atoms with Crippen LogP contribution in [0, 0.1) is 0 Å². The fraction of sp³-hybridized carbons (Fsp3) is 0.100. The lowest BCUT2D eigenvalue weighted by molar-refractivity contribution is 0.102. The number of anilines is 1. The summed E-state index contributed by atoms with van der Waals surface area (Å²) in [7, 11) is 18.1. The van der Waals surface area contributed by atoms with Crippen LogP contribution in [0.3, 0.4) is 0 Å². The summed E-state index contributed by atoms with van der Waals surface area (Å²) >= 11 is 0. The molecule has 4 aromatic rings. The number of rotatable bonds is 5. The smallest absolute Gasteiger partial charge is 0.256 e. The molecule has 3 heterocycles. The predicted molar refractivity (Wildman–Crippen MR) is 117 cm³/mol. The highest BCUT2D eigenvalue weighted by Gasteiger charge is 2.12. The van der Waals surface area contributed by atoms with Crippen LogP contribution in [0.15, 0.2) is 61.3 Å². The maximum absolute atomic E-state index is 12.6. The molecule has 0 unspecified atom stereocenters. The number of hydrogen-bond donors (Lipinski definition) is 1. The Labute approximate surface area is 177 Å². The van der Waals surface area contributed by atoms with Crippen LogP contribution in [-0.2, 0) is 7.05 Å². The maximum atomic E-state index is 12.6. The van der Waals surface area contributed by atoms with Gasteiger partial charge in [-0.2, -0.15) is 0 Å². The molecule has 0 aliphatic rings. The molecule has 0 atom stereocenters. The van der Waals surface area contributed by atoms with E-state index in [9.17, 15) is 4.79 Å². The Kier molecular flexibility index (Phi) is 5.07. The van der Waals surface area contributed by atoms with Gasteiger partial charge in [0.05, 0.1) is 23.9 Å². The number of fused-ring (bicyclic) bond motifs is 1. The van der Waals surface area contributed by atoms with Gasteiger partial charge in [-0.15, -0.1) is 0 Å². The molecule has 0 saturated heterocycles. The van der Waals surface area contributed by atoms with E-state index in [4.69, 9.17) is 28.3 Å². The third-order valence-electron chi connectivity index (χ3n) is 4.34. The van der Waals surface area contributed by atoms with Crippen LogP contribution in [0.5, 0.6) is 5.75 Å². The Bertz CT molecular complexity index is 1220. The fourth-order valence-electron chi connectivity index (χ4n) is 2.92. The molecule has 0 bridgehead atoms. The average Bonchev–Trinajstić information content (AvgIpc) is 3.12. The lowest BCUT2D eigenvalue weighted by Crippen LogP contribution is -2.37. The van der Waals surface area contributed by atoms with Crippen LogP contribution in [-0.4, -0.2) is 54.3 Å². The second-order valence-electron chi connectivity index (χ2n) is 6.81. The lowest BCUT2D eigenvalue weighted by Gasteiger charge is -2.23. The van der Waals surface area contributed by atoms with Crippen molar-refractivity contribution < 1.29 is 9.53 Å². The van der Waals surface area contributed by atoms with Crippen molar-refractivity contribution >= 4 is 46.0 Å². The Balaban J connectivity index is 1.54. The molecule has 6 radical (unpaired) electrons. The maximum Gasteiger partial charge on any atom is 0.256 e. The number of carbonyl (C=O) groups excluding carboxylic acids is 1. The minimum absolute atomic E-state index is 0.325. The molecule has 1 amide bonds. The average molecular weight is 389 g/mol. The van der Waals surface area contributed by atoms with Crippen LogP contribution in [0.4, 0.5) is 5.82 Å². The highest BCUT2D eigenvalue weighted by atomic mass is 16.5. The first-order valence-electron chi connectivity index (χ1n) is 8.98. The molecule has 10 heteroatoms. The van der Waals surface area contributed by atoms with Crippen molar-refractivity contribution in [2.24, 2.45) is 7.05 Å². The number of ether oxygens (including phenoxy) is 1. The van der Waals surface area contributed by atoms with Crippen molar-refractivity contribution in [3.63, 3.8) is 0 Å². The van der Waals surface area contributed by atoms with Gasteiger partial charge in [-0.1, -0.05) is 0 Å². The fourth-order valence-corrected chi connectivity index (χ4v) is 2.92. The van der Waals surface area contributed by atoms with Gasteiger partial charge in [-0.3, -0.25) is 9.78 Å². The van der Waals surface area contributed by atoms with Crippen LogP contribution >= 0.6 is 0 Å². The zero-order chi connectivity index (χ0) is 21.3. The van der Waals surface area contributed by atoms with Gasteiger partial charge in [0, 0.05) is 30.4 Å². The summed E-state index contributed by atoms with van der Waals surface area (Å²) in [4.78, 5) is 25.4. The molecular formula is C20H14B3N5O2. The molecule has 1 N–H and O–H groups in total. The van der Waals surface area contributed by atoms with Crippen LogP contribution in [0.2, 0.25) is 0 Å². The molecule has 0 spiro atoms. The van der Waals surface area contributed by atoms with Gasteiger partial charge in [0.25, 0.3) is 5.91 Å². The van der Waals surface area contributed by atoms with Gasteiger partial charge < -0.3 is 14.6 Å². The van der Waals surface area contributed by atoms with Crippen molar-refractivity contribution in [3.05, 3.63) is 66.9 Å². The van der Waals surface area contributed by atoms with Crippen molar-refractivity contribution in [2.75, 3.05) is 5.32 Å². The summed E-state index contributed by atoms with van der Waals surface area (Å²) < 4.78 is 7.01.